The second kappa shape index (κ2) is 6.89. The second-order valence-electron chi connectivity index (χ2n) is 4.51. The molecule has 2 aromatic rings. The van der Waals surface area contributed by atoms with Gasteiger partial charge in [-0.15, -0.1) is 0 Å². The van der Waals surface area contributed by atoms with Crippen LogP contribution in [0.3, 0.4) is 0 Å². The van der Waals surface area contributed by atoms with Crippen molar-refractivity contribution in [2.75, 3.05) is 27.1 Å². The van der Waals surface area contributed by atoms with Gasteiger partial charge in [0.15, 0.2) is 23.1 Å². The first-order chi connectivity index (χ1) is 10.6. The minimum absolute atomic E-state index is 0.128. The van der Waals surface area contributed by atoms with Crippen LogP contribution < -0.4 is 24.7 Å². The highest BCUT2D eigenvalue weighted by Gasteiger charge is 2.14. The second-order valence-corrected chi connectivity index (χ2v) is 4.51. The van der Waals surface area contributed by atoms with Gasteiger partial charge in [-0.2, -0.15) is 0 Å². The molecule has 0 aliphatic heterocycles. The summed E-state index contributed by atoms with van der Waals surface area (Å²) in [5.41, 5.74) is 6.60. The predicted molar refractivity (Wildman–Crippen MR) is 81.2 cm³/mol. The van der Waals surface area contributed by atoms with Gasteiger partial charge in [0.1, 0.15) is 6.61 Å². The molecule has 0 fully saturated rings. The zero-order valence-corrected chi connectivity index (χ0v) is 12.7. The van der Waals surface area contributed by atoms with E-state index in [0.29, 0.717) is 22.9 Å². The fourth-order valence-corrected chi connectivity index (χ4v) is 2.01. The van der Waals surface area contributed by atoms with E-state index < -0.39 is 5.82 Å². The van der Waals surface area contributed by atoms with Crippen LogP contribution in [0.25, 0.3) is 0 Å². The molecule has 0 aliphatic rings. The van der Waals surface area contributed by atoms with E-state index in [1.807, 2.05) is 0 Å². The SMILES string of the molecule is COc1cc(COc2ccc(N)cc2F)cc(OC)c1OC. The van der Waals surface area contributed by atoms with Crippen molar-refractivity contribution in [2.45, 2.75) is 6.61 Å². The van der Waals surface area contributed by atoms with Crippen molar-refractivity contribution < 1.29 is 23.3 Å². The topological polar surface area (TPSA) is 62.9 Å². The number of ether oxygens (including phenoxy) is 4. The summed E-state index contributed by atoms with van der Waals surface area (Å²) in [6.07, 6.45) is 0. The average molecular weight is 307 g/mol. The highest BCUT2D eigenvalue weighted by atomic mass is 19.1. The van der Waals surface area contributed by atoms with Crippen molar-refractivity contribution in [2.24, 2.45) is 0 Å². The highest BCUT2D eigenvalue weighted by Crippen LogP contribution is 2.38. The maximum atomic E-state index is 13.7. The molecule has 2 aromatic carbocycles. The molecule has 0 atom stereocenters. The number of halogens is 1. The van der Waals surface area contributed by atoms with Gasteiger partial charge in [0.25, 0.3) is 0 Å². The quantitative estimate of drug-likeness (QED) is 0.831. The third kappa shape index (κ3) is 3.33. The molecule has 0 amide bonds. The molecule has 0 aliphatic carbocycles. The largest absolute Gasteiger partial charge is 0.493 e. The summed E-state index contributed by atoms with van der Waals surface area (Å²) in [7, 11) is 4.59. The molecule has 6 heteroatoms. The lowest BCUT2D eigenvalue weighted by Gasteiger charge is -2.14. The number of rotatable bonds is 6. The Balaban J connectivity index is 2.22. The van der Waals surface area contributed by atoms with Gasteiger partial charge in [-0.05, 0) is 29.8 Å². The van der Waals surface area contributed by atoms with E-state index in [-0.39, 0.29) is 12.4 Å². The number of nitrogen functional groups attached to an aromatic ring is 1. The summed E-state index contributed by atoms with van der Waals surface area (Å²) in [5.74, 6) is 1.14. The summed E-state index contributed by atoms with van der Waals surface area (Å²) in [6, 6.07) is 7.77. The van der Waals surface area contributed by atoms with Gasteiger partial charge < -0.3 is 24.7 Å². The highest BCUT2D eigenvalue weighted by molar-refractivity contribution is 5.53. The first-order valence-corrected chi connectivity index (χ1v) is 6.55. The van der Waals surface area contributed by atoms with Gasteiger partial charge >= 0.3 is 0 Å². The van der Waals surface area contributed by atoms with Crippen LogP contribution in [0.15, 0.2) is 30.3 Å². The maximum absolute atomic E-state index is 13.7. The standard InChI is InChI=1S/C16H18FNO4/c1-19-14-6-10(7-15(20-2)16(14)21-3)9-22-13-5-4-11(18)8-12(13)17/h4-8H,9,18H2,1-3H3. The Kier molecular flexibility index (Phi) is 4.93. The van der Waals surface area contributed by atoms with Crippen molar-refractivity contribution >= 4 is 5.69 Å². The van der Waals surface area contributed by atoms with Crippen LogP contribution in [0.4, 0.5) is 10.1 Å². The normalized spacial score (nSPS) is 10.2. The molecule has 0 spiro atoms. The van der Waals surface area contributed by atoms with Gasteiger partial charge in [0.2, 0.25) is 5.75 Å². The predicted octanol–water partition coefficient (Wildman–Crippen LogP) is 3.01. The van der Waals surface area contributed by atoms with E-state index in [9.17, 15) is 4.39 Å². The minimum Gasteiger partial charge on any atom is -0.493 e. The Hall–Kier alpha value is -2.63. The molecular weight excluding hydrogens is 289 g/mol. The smallest absolute Gasteiger partial charge is 0.203 e. The Morgan fingerprint density at radius 3 is 2.05 bits per heavy atom. The van der Waals surface area contributed by atoms with Gasteiger partial charge in [-0.1, -0.05) is 0 Å². The van der Waals surface area contributed by atoms with E-state index in [0.717, 1.165) is 5.56 Å². The summed E-state index contributed by atoms with van der Waals surface area (Å²) >= 11 is 0. The van der Waals surface area contributed by atoms with Crippen molar-refractivity contribution in [1.82, 2.24) is 0 Å². The van der Waals surface area contributed by atoms with Crippen LogP contribution in [0.1, 0.15) is 5.56 Å². The number of methoxy groups -OCH3 is 3. The first-order valence-electron chi connectivity index (χ1n) is 6.55. The molecule has 0 bridgehead atoms. The fraction of sp³-hybridized carbons (Fsp3) is 0.250. The molecule has 118 valence electrons. The molecular formula is C16H18FNO4. The van der Waals surface area contributed by atoms with Gasteiger partial charge in [0.05, 0.1) is 21.3 Å². The molecule has 0 unspecified atom stereocenters. The lowest BCUT2D eigenvalue weighted by Crippen LogP contribution is -2.01. The summed E-state index contributed by atoms with van der Waals surface area (Å²) < 4.78 is 34.9. The zero-order valence-electron chi connectivity index (χ0n) is 12.7. The van der Waals surface area contributed by atoms with E-state index in [4.69, 9.17) is 24.7 Å². The molecule has 0 saturated heterocycles. The molecule has 2 N–H and O–H groups in total. The molecule has 22 heavy (non-hydrogen) atoms. The molecule has 0 saturated carbocycles. The van der Waals surface area contributed by atoms with E-state index in [1.54, 1.807) is 18.2 Å². The number of hydrogen-bond donors (Lipinski definition) is 1. The Bertz CT molecular complexity index is 636. The summed E-state index contributed by atoms with van der Waals surface area (Å²) in [4.78, 5) is 0. The fourth-order valence-electron chi connectivity index (χ4n) is 2.01. The monoisotopic (exact) mass is 307 g/mol. The van der Waals surface area contributed by atoms with Crippen molar-refractivity contribution in [3.8, 4) is 23.0 Å². The summed E-state index contributed by atoms with van der Waals surface area (Å²) in [5, 5.41) is 0. The van der Waals surface area contributed by atoms with Crippen LogP contribution in [0, 0.1) is 5.82 Å². The first kappa shape index (κ1) is 15.8. The van der Waals surface area contributed by atoms with Gasteiger partial charge in [-0.3, -0.25) is 0 Å². The molecule has 0 radical (unpaired) electrons. The zero-order chi connectivity index (χ0) is 16.1. The molecule has 5 nitrogen and oxygen atoms in total. The number of benzene rings is 2. The number of nitrogens with two attached hydrogens (primary N) is 1. The van der Waals surface area contributed by atoms with Crippen LogP contribution in [0.2, 0.25) is 0 Å². The Labute approximate surface area is 128 Å². The van der Waals surface area contributed by atoms with Crippen molar-refractivity contribution in [3.05, 3.63) is 41.7 Å². The third-order valence-corrected chi connectivity index (χ3v) is 3.07. The molecule has 0 aromatic heterocycles. The van der Waals surface area contributed by atoms with E-state index >= 15 is 0 Å². The average Bonchev–Trinajstić information content (AvgIpc) is 2.52. The minimum atomic E-state index is -0.507. The lowest BCUT2D eigenvalue weighted by molar-refractivity contribution is 0.286. The Morgan fingerprint density at radius 1 is 0.909 bits per heavy atom. The lowest BCUT2D eigenvalue weighted by atomic mass is 10.2. The van der Waals surface area contributed by atoms with Crippen molar-refractivity contribution in [1.29, 1.82) is 0 Å². The van der Waals surface area contributed by atoms with Gasteiger partial charge in [0, 0.05) is 11.8 Å². The maximum Gasteiger partial charge on any atom is 0.203 e. The van der Waals surface area contributed by atoms with E-state index in [2.05, 4.69) is 0 Å². The molecule has 0 heterocycles. The Morgan fingerprint density at radius 2 is 1.55 bits per heavy atom. The summed E-state index contributed by atoms with van der Waals surface area (Å²) in [6.45, 7) is 0.150. The van der Waals surface area contributed by atoms with Crippen LogP contribution in [-0.2, 0) is 6.61 Å². The van der Waals surface area contributed by atoms with Crippen LogP contribution >= 0.6 is 0 Å². The third-order valence-electron chi connectivity index (χ3n) is 3.07. The van der Waals surface area contributed by atoms with Crippen LogP contribution in [-0.4, -0.2) is 21.3 Å². The number of hydrogen-bond acceptors (Lipinski definition) is 5. The van der Waals surface area contributed by atoms with Gasteiger partial charge in [-0.25, -0.2) is 4.39 Å². The van der Waals surface area contributed by atoms with Crippen LogP contribution in [0.5, 0.6) is 23.0 Å². The van der Waals surface area contributed by atoms with E-state index in [1.165, 1.54) is 33.5 Å². The van der Waals surface area contributed by atoms with Crippen molar-refractivity contribution in [3.63, 3.8) is 0 Å². The molecule has 2 rings (SSSR count). The number of anilines is 1.